The van der Waals surface area contributed by atoms with Crippen LogP contribution in [0.2, 0.25) is 0 Å². The number of halogens is 1. The third-order valence-corrected chi connectivity index (χ3v) is 7.02. The van der Waals surface area contributed by atoms with Crippen molar-refractivity contribution < 1.29 is 13.9 Å². The maximum Gasteiger partial charge on any atom is 0.262 e. The fourth-order valence-corrected chi connectivity index (χ4v) is 5.31. The topological polar surface area (TPSA) is 66.1 Å². The molecule has 0 amide bonds. The molecular formula is C27H28FN3O3S. The molecule has 0 bridgehead atoms. The van der Waals surface area contributed by atoms with Crippen molar-refractivity contribution in [3.05, 3.63) is 93.3 Å². The number of aryl methyl sites for hydroxylation is 1. The monoisotopic (exact) mass is 493 g/mol. The number of carbonyl (C=O) groups excluding carboxylic acids is 1. The summed E-state index contributed by atoms with van der Waals surface area (Å²) in [7, 11) is 1.66. The summed E-state index contributed by atoms with van der Waals surface area (Å²) in [4.78, 5) is 31.2. The van der Waals surface area contributed by atoms with Gasteiger partial charge < -0.3 is 9.30 Å². The number of fused-ring (bicyclic) bond motifs is 1. The van der Waals surface area contributed by atoms with Gasteiger partial charge in [0.2, 0.25) is 0 Å². The molecule has 2 aromatic heterocycles. The van der Waals surface area contributed by atoms with Crippen molar-refractivity contribution in [3.8, 4) is 0 Å². The lowest BCUT2D eigenvalue weighted by Crippen LogP contribution is -2.24. The van der Waals surface area contributed by atoms with E-state index in [4.69, 9.17) is 9.72 Å². The number of ether oxygens (including phenoxy) is 1. The summed E-state index contributed by atoms with van der Waals surface area (Å²) < 4.78 is 22.3. The molecule has 2 heterocycles. The fraction of sp³-hybridized carbons (Fsp3) is 0.296. The van der Waals surface area contributed by atoms with E-state index in [1.54, 1.807) is 42.0 Å². The van der Waals surface area contributed by atoms with Crippen LogP contribution in [0, 0.1) is 19.7 Å². The molecule has 0 aliphatic heterocycles. The highest BCUT2D eigenvalue weighted by atomic mass is 32.2. The number of benzene rings is 2. The van der Waals surface area contributed by atoms with Crippen LogP contribution in [0.25, 0.3) is 10.9 Å². The third-order valence-electron chi connectivity index (χ3n) is 6.05. The smallest absolute Gasteiger partial charge is 0.262 e. The van der Waals surface area contributed by atoms with Gasteiger partial charge in [-0.25, -0.2) is 9.37 Å². The van der Waals surface area contributed by atoms with Crippen molar-refractivity contribution in [2.24, 2.45) is 0 Å². The number of methoxy groups -OCH3 is 1. The van der Waals surface area contributed by atoms with Crippen molar-refractivity contribution in [1.82, 2.24) is 14.1 Å². The number of nitrogens with zero attached hydrogens (tertiary/aromatic N) is 3. The number of thioether (sulfide) groups is 1. The number of hydrogen-bond donors (Lipinski definition) is 0. The van der Waals surface area contributed by atoms with Crippen molar-refractivity contribution in [2.75, 3.05) is 19.5 Å². The molecule has 0 aliphatic rings. The predicted molar refractivity (Wildman–Crippen MR) is 137 cm³/mol. The Hall–Kier alpha value is -3.23. The maximum absolute atomic E-state index is 13.4. The SMILES string of the molecule is COC[C@@H](C)n1c(C)cc(C(=O)CSc2nc3ccccc3c(=O)n2Cc2ccc(F)cc2)c1C. The van der Waals surface area contributed by atoms with Gasteiger partial charge in [-0.2, -0.15) is 0 Å². The van der Waals surface area contributed by atoms with E-state index in [2.05, 4.69) is 11.5 Å². The minimum atomic E-state index is -0.338. The number of ketones is 1. The Balaban J connectivity index is 1.65. The third kappa shape index (κ3) is 5.23. The summed E-state index contributed by atoms with van der Waals surface area (Å²) in [6, 6.07) is 15.2. The normalized spacial score (nSPS) is 12.3. The highest BCUT2D eigenvalue weighted by Crippen LogP contribution is 2.25. The molecule has 4 aromatic rings. The van der Waals surface area contributed by atoms with Crippen molar-refractivity contribution in [3.63, 3.8) is 0 Å². The van der Waals surface area contributed by atoms with E-state index in [1.807, 2.05) is 26.0 Å². The molecule has 4 rings (SSSR count). The summed E-state index contributed by atoms with van der Waals surface area (Å²) in [5, 5.41) is 0.953. The minimum absolute atomic E-state index is 0.0327. The number of Topliss-reactive ketones (excluding diaryl/α,β-unsaturated/α-hetero) is 1. The second-order valence-electron chi connectivity index (χ2n) is 8.60. The van der Waals surface area contributed by atoms with Gasteiger partial charge in [0.05, 0.1) is 35.8 Å². The molecule has 0 fully saturated rings. The fourth-order valence-electron chi connectivity index (χ4n) is 4.43. The highest BCUT2D eigenvalue weighted by molar-refractivity contribution is 7.99. The zero-order valence-electron chi connectivity index (χ0n) is 20.2. The Labute approximate surface area is 207 Å². The molecule has 0 saturated carbocycles. The van der Waals surface area contributed by atoms with Crippen LogP contribution in [0.1, 0.15) is 40.3 Å². The number of rotatable bonds is 9. The summed E-state index contributed by atoms with van der Waals surface area (Å²) in [6.45, 7) is 6.76. The Morgan fingerprint density at radius 1 is 1.14 bits per heavy atom. The first-order chi connectivity index (χ1) is 16.8. The molecule has 0 aliphatic carbocycles. The van der Waals surface area contributed by atoms with Gasteiger partial charge in [-0.05, 0) is 56.7 Å². The van der Waals surface area contributed by atoms with Gasteiger partial charge in [0.15, 0.2) is 10.9 Å². The van der Waals surface area contributed by atoms with E-state index < -0.39 is 0 Å². The van der Waals surface area contributed by atoms with Gasteiger partial charge >= 0.3 is 0 Å². The average molecular weight is 494 g/mol. The van der Waals surface area contributed by atoms with Crippen LogP contribution in [0.3, 0.4) is 0 Å². The molecule has 0 radical (unpaired) electrons. The maximum atomic E-state index is 13.4. The van der Waals surface area contributed by atoms with E-state index in [0.717, 1.165) is 17.0 Å². The van der Waals surface area contributed by atoms with Gasteiger partial charge in [-0.15, -0.1) is 0 Å². The van der Waals surface area contributed by atoms with Crippen LogP contribution in [0.4, 0.5) is 4.39 Å². The number of carbonyl (C=O) groups is 1. The van der Waals surface area contributed by atoms with Crippen molar-refractivity contribution in [1.29, 1.82) is 0 Å². The molecule has 0 spiro atoms. The zero-order chi connectivity index (χ0) is 25.1. The summed E-state index contributed by atoms with van der Waals surface area (Å²) in [5.41, 5.74) is 3.71. The van der Waals surface area contributed by atoms with Crippen molar-refractivity contribution in [2.45, 2.75) is 38.5 Å². The first-order valence-corrected chi connectivity index (χ1v) is 12.4. The molecule has 0 unspecified atom stereocenters. The van der Waals surface area contributed by atoms with Crippen LogP contribution >= 0.6 is 11.8 Å². The summed E-state index contributed by atoms with van der Waals surface area (Å²) >= 11 is 1.24. The van der Waals surface area contributed by atoms with Gasteiger partial charge in [-0.1, -0.05) is 36.0 Å². The predicted octanol–water partition coefficient (Wildman–Crippen LogP) is 5.18. The van der Waals surface area contributed by atoms with Crippen LogP contribution in [-0.2, 0) is 11.3 Å². The number of hydrogen-bond acceptors (Lipinski definition) is 5. The van der Waals surface area contributed by atoms with Gasteiger partial charge in [0, 0.05) is 24.1 Å². The Morgan fingerprint density at radius 3 is 2.57 bits per heavy atom. The lowest BCUT2D eigenvalue weighted by Gasteiger charge is -2.17. The highest BCUT2D eigenvalue weighted by Gasteiger charge is 2.20. The van der Waals surface area contributed by atoms with Crippen LogP contribution < -0.4 is 5.56 Å². The number of aromatic nitrogens is 3. The second-order valence-corrected chi connectivity index (χ2v) is 9.54. The average Bonchev–Trinajstić information content (AvgIpc) is 3.15. The molecule has 0 N–H and O–H groups in total. The van der Waals surface area contributed by atoms with E-state index >= 15 is 0 Å². The van der Waals surface area contributed by atoms with Crippen LogP contribution in [-0.4, -0.2) is 39.4 Å². The van der Waals surface area contributed by atoms with Gasteiger partial charge in [0.25, 0.3) is 5.56 Å². The Bertz CT molecular complexity index is 1430. The Morgan fingerprint density at radius 2 is 1.86 bits per heavy atom. The van der Waals surface area contributed by atoms with Crippen molar-refractivity contribution >= 4 is 28.4 Å². The molecule has 6 nitrogen and oxygen atoms in total. The van der Waals surface area contributed by atoms with Crippen LogP contribution in [0.5, 0.6) is 0 Å². The van der Waals surface area contributed by atoms with E-state index in [-0.39, 0.29) is 35.5 Å². The lowest BCUT2D eigenvalue weighted by molar-refractivity contribution is 0.102. The van der Waals surface area contributed by atoms with E-state index in [9.17, 15) is 14.0 Å². The molecule has 0 saturated heterocycles. The summed E-state index contributed by atoms with van der Waals surface area (Å²) in [6.07, 6.45) is 0. The molecule has 8 heteroatoms. The van der Waals surface area contributed by atoms with Crippen LogP contribution in [0.15, 0.2) is 64.5 Å². The first-order valence-electron chi connectivity index (χ1n) is 11.4. The standard InChI is InChI=1S/C27H28FN3O3S/c1-17-13-23(19(3)31(17)18(2)15-34-4)25(32)16-35-27-29-24-8-6-5-7-22(24)26(33)30(27)14-20-9-11-21(28)12-10-20/h5-13,18H,14-16H2,1-4H3/t18-/m1/s1. The molecule has 2 aromatic carbocycles. The van der Waals surface area contributed by atoms with E-state index in [0.29, 0.717) is 28.2 Å². The second kappa shape index (κ2) is 10.6. The van der Waals surface area contributed by atoms with Gasteiger partial charge in [-0.3, -0.25) is 14.2 Å². The minimum Gasteiger partial charge on any atom is -0.383 e. The summed E-state index contributed by atoms with van der Waals surface area (Å²) in [5.74, 6) is -0.234. The zero-order valence-corrected chi connectivity index (χ0v) is 21.1. The Kier molecular flexibility index (Phi) is 7.52. The lowest BCUT2D eigenvalue weighted by atomic mass is 10.2. The first kappa shape index (κ1) is 24.9. The number of para-hydroxylation sites is 1. The quantitative estimate of drug-likeness (QED) is 0.183. The molecule has 182 valence electrons. The molecule has 1 atom stereocenters. The molecule has 35 heavy (non-hydrogen) atoms. The largest absolute Gasteiger partial charge is 0.383 e. The van der Waals surface area contributed by atoms with Gasteiger partial charge in [0.1, 0.15) is 5.82 Å². The van der Waals surface area contributed by atoms with E-state index in [1.165, 1.54) is 23.9 Å². The molecular weight excluding hydrogens is 465 g/mol.